The van der Waals surface area contributed by atoms with Crippen molar-refractivity contribution in [2.45, 2.75) is 17.4 Å². The molecule has 0 aliphatic carbocycles. The summed E-state index contributed by atoms with van der Waals surface area (Å²) in [5.74, 6) is -1.82. The molecule has 170 valence electrons. The first-order valence-corrected chi connectivity index (χ1v) is 11.5. The third kappa shape index (κ3) is 4.45. The predicted molar refractivity (Wildman–Crippen MR) is 119 cm³/mol. The summed E-state index contributed by atoms with van der Waals surface area (Å²) in [6.45, 7) is 0.709. The normalized spacial score (nSPS) is 18.5. The van der Waals surface area contributed by atoms with Gasteiger partial charge in [-0.2, -0.15) is 0 Å². The van der Waals surface area contributed by atoms with Gasteiger partial charge >= 0.3 is 0 Å². The average molecular weight is 459 g/mol. The lowest BCUT2D eigenvalue weighted by atomic mass is 9.95. The zero-order valence-electron chi connectivity index (χ0n) is 18.2. The van der Waals surface area contributed by atoms with E-state index >= 15 is 0 Å². The van der Waals surface area contributed by atoms with Gasteiger partial charge in [-0.15, -0.1) is 0 Å². The number of amides is 1. The van der Waals surface area contributed by atoms with Crippen LogP contribution in [0.5, 0.6) is 0 Å². The molecule has 0 spiro atoms. The molecule has 1 aliphatic heterocycles. The van der Waals surface area contributed by atoms with E-state index < -0.39 is 27.8 Å². The van der Waals surface area contributed by atoms with Crippen LogP contribution < -0.4 is 0 Å². The Bertz CT molecular complexity index is 1120. The molecule has 0 aromatic heterocycles. The van der Waals surface area contributed by atoms with Crippen LogP contribution in [-0.2, 0) is 24.3 Å². The van der Waals surface area contributed by atoms with E-state index in [4.69, 9.17) is 4.74 Å². The van der Waals surface area contributed by atoms with Gasteiger partial charge in [-0.3, -0.25) is 9.59 Å². The molecule has 3 rings (SSSR count). The summed E-state index contributed by atoms with van der Waals surface area (Å²) >= 11 is 0. The molecule has 1 N–H and O–H groups in total. The van der Waals surface area contributed by atoms with Crippen molar-refractivity contribution in [3.8, 4) is 0 Å². The quantitative estimate of drug-likeness (QED) is 0.282. The number of carbonyl (C=O) groups excluding carboxylic acids is 2. The van der Waals surface area contributed by atoms with E-state index in [-0.39, 0.29) is 28.3 Å². The highest BCUT2D eigenvalue weighted by Gasteiger charge is 2.45. The van der Waals surface area contributed by atoms with Crippen LogP contribution in [0.15, 0.2) is 65.1 Å². The van der Waals surface area contributed by atoms with Gasteiger partial charge in [0.1, 0.15) is 5.76 Å². The largest absolute Gasteiger partial charge is 0.507 e. The van der Waals surface area contributed by atoms with Crippen molar-refractivity contribution in [3.63, 3.8) is 0 Å². The van der Waals surface area contributed by atoms with Crippen molar-refractivity contribution in [1.82, 2.24) is 9.21 Å². The molecule has 0 unspecified atom stereocenters. The Labute approximate surface area is 187 Å². The SMILES string of the molecule is COCCCN1C(=O)C(=O)C(=C(O)c2ccc(S(=O)(=O)N(C)C)cc2)[C@@H]1c1ccccc1. The van der Waals surface area contributed by atoms with Crippen molar-refractivity contribution in [2.75, 3.05) is 34.4 Å². The zero-order valence-corrected chi connectivity index (χ0v) is 19.0. The smallest absolute Gasteiger partial charge is 0.295 e. The maximum Gasteiger partial charge on any atom is 0.295 e. The van der Waals surface area contributed by atoms with Crippen molar-refractivity contribution >= 4 is 27.5 Å². The van der Waals surface area contributed by atoms with Crippen LogP contribution in [0.1, 0.15) is 23.6 Å². The number of hydrogen-bond acceptors (Lipinski definition) is 6. The molecule has 1 amide bonds. The van der Waals surface area contributed by atoms with E-state index in [9.17, 15) is 23.1 Å². The Morgan fingerprint density at radius 2 is 1.69 bits per heavy atom. The molecule has 0 saturated carbocycles. The molecule has 0 radical (unpaired) electrons. The minimum Gasteiger partial charge on any atom is -0.507 e. The minimum absolute atomic E-state index is 0.0261. The molecule has 1 aliphatic rings. The highest BCUT2D eigenvalue weighted by molar-refractivity contribution is 7.89. The van der Waals surface area contributed by atoms with Crippen molar-refractivity contribution in [2.24, 2.45) is 0 Å². The maximum absolute atomic E-state index is 12.9. The van der Waals surface area contributed by atoms with E-state index in [0.29, 0.717) is 18.6 Å². The van der Waals surface area contributed by atoms with Crippen molar-refractivity contribution in [1.29, 1.82) is 0 Å². The summed E-state index contributed by atoms with van der Waals surface area (Å²) in [5, 5.41) is 11.0. The van der Waals surface area contributed by atoms with Crippen molar-refractivity contribution < 1.29 is 27.9 Å². The number of rotatable bonds is 8. The summed E-state index contributed by atoms with van der Waals surface area (Å²) in [4.78, 5) is 27.2. The Hall–Kier alpha value is -3.01. The van der Waals surface area contributed by atoms with Gasteiger partial charge in [0.05, 0.1) is 16.5 Å². The number of sulfonamides is 1. The van der Waals surface area contributed by atoms with Crippen LogP contribution in [0.25, 0.3) is 5.76 Å². The number of ketones is 1. The zero-order chi connectivity index (χ0) is 23.5. The van der Waals surface area contributed by atoms with Gasteiger partial charge in [-0.25, -0.2) is 12.7 Å². The van der Waals surface area contributed by atoms with Crippen LogP contribution in [0.3, 0.4) is 0 Å². The molecule has 2 aromatic carbocycles. The third-order valence-electron chi connectivity index (χ3n) is 5.31. The van der Waals surface area contributed by atoms with E-state index in [1.807, 2.05) is 6.07 Å². The van der Waals surface area contributed by atoms with E-state index in [2.05, 4.69) is 0 Å². The van der Waals surface area contributed by atoms with Crippen LogP contribution >= 0.6 is 0 Å². The number of carbonyl (C=O) groups is 2. The summed E-state index contributed by atoms with van der Waals surface area (Å²) in [6.07, 6.45) is 0.532. The second kappa shape index (κ2) is 9.64. The number of methoxy groups -OCH3 is 1. The second-order valence-electron chi connectivity index (χ2n) is 7.56. The van der Waals surface area contributed by atoms with Crippen LogP contribution in [0, 0.1) is 0 Å². The molecular formula is C23H26N2O6S. The molecule has 2 aromatic rings. The molecule has 1 heterocycles. The first-order chi connectivity index (χ1) is 15.2. The molecule has 0 bridgehead atoms. The van der Waals surface area contributed by atoms with Crippen LogP contribution in [0.2, 0.25) is 0 Å². The Balaban J connectivity index is 2.07. The molecule has 1 saturated heterocycles. The fourth-order valence-electron chi connectivity index (χ4n) is 3.62. The van der Waals surface area contributed by atoms with Gasteiger partial charge in [0.15, 0.2) is 0 Å². The number of likely N-dealkylation sites (tertiary alicyclic amines) is 1. The number of aliphatic hydroxyl groups is 1. The highest BCUT2D eigenvalue weighted by atomic mass is 32.2. The third-order valence-corrected chi connectivity index (χ3v) is 7.14. The maximum atomic E-state index is 12.9. The van der Waals surface area contributed by atoms with Gasteiger partial charge in [-0.05, 0) is 36.2 Å². The van der Waals surface area contributed by atoms with Gasteiger partial charge in [0, 0.05) is 39.9 Å². The lowest BCUT2D eigenvalue weighted by molar-refractivity contribution is -0.140. The molecule has 1 fully saturated rings. The second-order valence-corrected chi connectivity index (χ2v) is 9.71. The molecule has 8 nitrogen and oxygen atoms in total. The number of benzene rings is 2. The number of Topliss-reactive ketones (excluding diaryl/α,β-unsaturated/α-hetero) is 1. The lowest BCUT2D eigenvalue weighted by Gasteiger charge is -2.25. The molecule has 1 atom stereocenters. The summed E-state index contributed by atoms with van der Waals surface area (Å²) in [5.41, 5.74) is 0.915. The topological polar surface area (TPSA) is 104 Å². The predicted octanol–water partition coefficient (Wildman–Crippen LogP) is 2.40. The first-order valence-electron chi connectivity index (χ1n) is 10.1. The molecule has 32 heavy (non-hydrogen) atoms. The van der Waals surface area contributed by atoms with Gasteiger partial charge < -0.3 is 14.7 Å². The van der Waals surface area contributed by atoms with Gasteiger partial charge in [0.25, 0.3) is 11.7 Å². The highest BCUT2D eigenvalue weighted by Crippen LogP contribution is 2.39. The van der Waals surface area contributed by atoms with E-state index in [1.54, 1.807) is 31.4 Å². The fourth-order valence-corrected chi connectivity index (χ4v) is 4.52. The number of hydrogen-bond donors (Lipinski definition) is 1. The fraction of sp³-hybridized carbons (Fsp3) is 0.304. The van der Waals surface area contributed by atoms with Gasteiger partial charge in [0.2, 0.25) is 10.0 Å². The summed E-state index contributed by atoms with van der Waals surface area (Å²) in [6, 6.07) is 13.8. The first kappa shape index (κ1) is 23.6. The standard InChI is InChI=1S/C23H26N2O6S/c1-24(2)32(29,30)18-12-10-17(11-13-18)21(26)19-20(16-8-5-4-6-9-16)25(14-7-15-31-3)23(28)22(19)27/h4-6,8-13,20,26H,7,14-15H2,1-3H3/t20-/m0/s1. The average Bonchev–Trinajstić information content (AvgIpc) is 3.04. The Morgan fingerprint density at radius 3 is 2.25 bits per heavy atom. The van der Waals surface area contributed by atoms with E-state index in [0.717, 1.165) is 4.31 Å². The summed E-state index contributed by atoms with van der Waals surface area (Å²) < 4.78 is 30.8. The van der Waals surface area contributed by atoms with Gasteiger partial charge in [-0.1, -0.05) is 30.3 Å². The van der Waals surface area contributed by atoms with Crippen molar-refractivity contribution in [3.05, 3.63) is 71.3 Å². The molecule has 9 heteroatoms. The lowest BCUT2D eigenvalue weighted by Crippen LogP contribution is -2.31. The molecular weight excluding hydrogens is 432 g/mol. The number of nitrogens with zero attached hydrogens (tertiary/aromatic N) is 2. The van der Waals surface area contributed by atoms with E-state index in [1.165, 1.54) is 43.3 Å². The van der Waals surface area contributed by atoms with Crippen LogP contribution in [-0.4, -0.2) is 68.8 Å². The summed E-state index contributed by atoms with van der Waals surface area (Å²) in [7, 11) is 0.769. The Morgan fingerprint density at radius 1 is 1.06 bits per heavy atom. The Kier molecular flexibility index (Phi) is 7.12. The number of ether oxygens (including phenoxy) is 1. The van der Waals surface area contributed by atoms with Crippen LogP contribution in [0.4, 0.5) is 0 Å². The number of aliphatic hydroxyl groups excluding tert-OH is 1. The minimum atomic E-state index is -3.64. The monoisotopic (exact) mass is 458 g/mol.